The maximum Gasteiger partial charge on any atom is 0.262 e. The smallest absolute Gasteiger partial charge is 0.262 e. The number of hydroxylamine groups is 1. The molecule has 0 saturated carbocycles. The maximum atomic E-state index is 11.3. The highest BCUT2D eigenvalue weighted by Crippen LogP contribution is 1.97. The summed E-state index contributed by atoms with van der Waals surface area (Å²) in [6.07, 6.45) is 6.81. The number of hydrogen-bond donors (Lipinski definition) is 2. The highest BCUT2D eigenvalue weighted by atomic mass is 32.2. The molecule has 0 fully saturated rings. The van der Waals surface area contributed by atoms with Gasteiger partial charge in [-0.15, -0.1) is 6.42 Å². The zero-order valence-corrected chi connectivity index (χ0v) is 8.63. The third-order valence-corrected chi connectivity index (χ3v) is 1.90. The molecule has 2 N–H and O–H groups in total. The van der Waals surface area contributed by atoms with Gasteiger partial charge in [-0.05, 0) is 6.26 Å². The molecule has 0 aromatic carbocycles. The third kappa shape index (κ3) is 4.74. The lowest BCUT2D eigenvalue weighted by Crippen LogP contribution is -2.40. The van der Waals surface area contributed by atoms with E-state index in [0.717, 1.165) is 0 Å². The van der Waals surface area contributed by atoms with Crippen molar-refractivity contribution >= 4 is 23.6 Å². The summed E-state index contributed by atoms with van der Waals surface area (Å²) in [6, 6.07) is 0. The summed E-state index contributed by atoms with van der Waals surface area (Å²) < 4.78 is 0. The molecule has 0 saturated heterocycles. The lowest BCUT2D eigenvalue weighted by atomic mass is 10.4. The van der Waals surface area contributed by atoms with E-state index in [9.17, 15) is 9.59 Å². The highest BCUT2D eigenvalue weighted by Gasteiger charge is 2.14. The van der Waals surface area contributed by atoms with Crippen molar-refractivity contribution in [3.63, 3.8) is 0 Å². The molecular weight excluding hydrogens is 204 g/mol. The fraction of sp³-hybridized carbons (Fsp3) is 0.500. The monoisotopic (exact) mass is 216 g/mol. The normalized spacial score (nSPS) is 8.93. The van der Waals surface area contributed by atoms with Crippen LogP contribution >= 0.6 is 11.8 Å². The van der Waals surface area contributed by atoms with Gasteiger partial charge in [-0.3, -0.25) is 14.8 Å². The zero-order valence-electron chi connectivity index (χ0n) is 7.82. The first-order valence-electron chi connectivity index (χ1n) is 3.78. The Labute approximate surface area is 86.8 Å². The van der Waals surface area contributed by atoms with Gasteiger partial charge in [0.05, 0.1) is 12.3 Å². The molecule has 5 nitrogen and oxygen atoms in total. The standard InChI is InChI=1S/C8H12N2O3S/c1-3-4-10(5-7(11)9-13)8(12)6-14-2/h1,13H,4-6H2,2H3,(H,9,11). The number of rotatable bonds is 5. The predicted octanol–water partition coefficient (Wildman–Crippen LogP) is -0.683. The third-order valence-electron chi connectivity index (χ3n) is 1.36. The second-order valence-corrected chi connectivity index (χ2v) is 3.29. The maximum absolute atomic E-state index is 11.3. The van der Waals surface area contributed by atoms with E-state index in [0.29, 0.717) is 0 Å². The number of hydrogen-bond acceptors (Lipinski definition) is 4. The number of terminal acetylenes is 1. The summed E-state index contributed by atoms with van der Waals surface area (Å²) in [5.74, 6) is 1.65. The van der Waals surface area contributed by atoms with Crippen LogP contribution in [-0.4, -0.2) is 47.0 Å². The number of carbonyl (C=O) groups excluding carboxylic acids is 2. The van der Waals surface area contributed by atoms with Crippen molar-refractivity contribution in [2.45, 2.75) is 0 Å². The first-order chi connectivity index (χ1) is 6.65. The minimum Gasteiger partial charge on any atom is -0.321 e. The van der Waals surface area contributed by atoms with Crippen molar-refractivity contribution in [2.75, 3.05) is 25.1 Å². The number of amides is 2. The Morgan fingerprint density at radius 2 is 2.29 bits per heavy atom. The van der Waals surface area contributed by atoms with E-state index in [1.165, 1.54) is 22.1 Å². The van der Waals surface area contributed by atoms with Crippen LogP contribution in [0.2, 0.25) is 0 Å². The largest absolute Gasteiger partial charge is 0.321 e. The van der Waals surface area contributed by atoms with Gasteiger partial charge in [0.25, 0.3) is 5.91 Å². The Morgan fingerprint density at radius 1 is 1.64 bits per heavy atom. The predicted molar refractivity (Wildman–Crippen MR) is 53.7 cm³/mol. The second kappa shape index (κ2) is 7.24. The van der Waals surface area contributed by atoms with Crippen LogP contribution in [-0.2, 0) is 9.59 Å². The van der Waals surface area contributed by atoms with Crippen molar-refractivity contribution in [1.29, 1.82) is 0 Å². The number of nitrogens with zero attached hydrogens (tertiary/aromatic N) is 1. The molecule has 0 aromatic rings. The van der Waals surface area contributed by atoms with Gasteiger partial charge in [0.15, 0.2) is 0 Å². The first-order valence-corrected chi connectivity index (χ1v) is 5.18. The number of carbonyl (C=O) groups is 2. The zero-order chi connectivity index (χ0) is 11.0. The molecule has 0 spiro atoms. The topological polar surface area (TPSA) is 69.6 Å². The molecule has 0 aliphatic carbocycles. The van der Waals surface area contributed by atoms with Gasteiger partial charge in [-0.2, -0.15) is 11.8 Å². The number of thioether (sulfide) groups is 1. The van der Waals surface area contributed by atoms with Crippen LogP contribution in [0.5, 0.6) is 0 Å². The minimum atomic E-state index is -0.658. The van der Waals surface area contributed by atoms with E-state index in [1.807, 2.05) is 0 Å². The summed E-state index contributed by atoms with van der Waals surface area (Å²) >= 11 is 1.34. The second-order valence-electron chi connectivity index (χ2n) is 2.42. The van der Waals surface area contributed by atoms with Crippen LogP contribution in [0.15, 0.2) is 0 Å². The fourth-order valence-electron chi connectivity index (χ4n) is 0.766. The molecule has 0 rings (SSSR count). The van der Waals surface area contributed by atoms with E-state index in [2.05, 4.69) is 5.92 Å². The molecule has 0 bridgehead atoms. The molecule has 6 heteroatoms. The number of nitrogens with one attached hydrogen (secondary N) is 1. The molecular formula is C8H12N2O3S. The highest BCUT2D eigenvalue weighted by molar-refractivity contribution is 7.99. The molecule has 0 atom stereocenters. The first kappa shape index (κ1) is 12.8. The molecule has 78 valence electrons. The van der Waals surface area contributed by atoms with Crippen molar-refractivity contribution in [2.24, 2.45) is 0 Å². The van der Waals surface area contributed by atoms with Gasteiger partial charge in [-0.1, -0.05) is 5.92 Å². The van der Waals surface area contributed by atoms with Gasteiger partial charge in [0, 0.05) is 0 Å². The Balaban J connectivity index is 4.22. The average molecular weight is 216 g/mol. The van der Waals surface area contributed by atoms with Gasteiger partial charge >= 0.3 is 0 Å². The van der Waals surface area contributed by atoms with Crippen LogP contribution in [0.25, 0.3) is 0 Å². The van der Waals surface area contributed by atoms with E-state index in [-0.39, 0.29) is 24.7 Å². The average Bonchev–Trinajstić information content (AvgIpc) is 2.17. The van der Waals surface area contributed by atoms with Crippen LogP contribution in [0.1, 0.15) is 0 Å². The molecule has 0 heterocycles. The molecule has 2 amide bonds. The van der Waals surface area contributed by atoms with Crippen LogP contribution in [0.4, 0.5) is 0 Å². The lowest BCUT2D eigenvalue weighted by Gasteiger charge is -2.18. The molecule has 0 aliphatic heterocycles. The van der Waals surface area contributed by atoms with E-state index in [1.54, 1.807) is 6.26 Å². The summed E-state index contributed by atoms with van der Waals surface area (Å²) in [6.45, 7) is -0.160. The van der Waals surface area contributed by atoms with E-state index in [4.69, 9.17) is 11.6 Å². The van der Waals surface area contributed by atoms with Crippen LogP contribution in [0.3, 0.4) is 0 Å². The Hall–Kier alpha value is -1.19. The Kier molecular flexibility index (Phi) is 6.62. The molecule has 0 radical (unpaired) electrons. The summed E-state index contributed by atoms with van der Waals surface area (Å²) in [5, 5.41) is 8.27. The molecule has 0 aliphatic rings. The quantitative estimate of drug-likeness (QED) is 0.363. The van der Waals surface area contributed by atoms with E-state index < -0.39 is 5.91 Å². The SMILES string of the molecule is C#CCN(CC(=O)NO)C(=O)CSC. The summed E-state index contributed by atoms with van der Waals surface area (Å²) in [4.78, 5) is 23.3. The summed E-state index contributed by atoms with van der Waals surface area (Å²) in [5.41, 5.74) is 1.44. The van der Waals surface area contributed by atoms with Crippen molar-refractivity contribution in [3.05, 3.63) is 0 Å². The van der Waals surface area contributed by atoms with Crippen molar-refractivity contribution in [1.82, 2.24) is 10.4 Å². The van der Waals surface area contributed by atoms with Gasteiger partial charge in [0.1, 0.15) is 6.54 Å². The fourth-order valence-corrected chi connectivity index (χ4v) is 1.20. The van der Waals surface area contributed by atoms with Crippen molar-refractivity contribution in [3.8, 4) is 12.3 Å². The minimum absolute atomic E-state index is 0.0623. The lowest BCUT2D eigenvalue weighted by molar-refractivity contribution is -0.137. The van der Waals surface area contributed by atoms with Gasteiger partial charge in [-0.25, -0.2) is 5.48 Å². The van der Waals surface area contributed by atoms with Gasteiger partial charge < -0.3 is 4.90 Å². The molecule has 14 heavy (non-hydrogen) atoms. The summed E-state index contributed by atoms with van der Waals surface area (Å²) in [7, 11) is 0. The molecule has 0 unspecified atom stereocenters. The van der Waals surface area contributed by atoms with Crippen LogP contribution < -0.4 is 5.48 Å². The van der Waals surface area contributed by atoms with Crippen LogP contribution in [0, 0.1) is 12.3 Å². The van der Waals surface area contributed by atoms with Crippen molar-refractivity contribution < 1.29 is 14.8 Å². The van der Waals surface area contributed by atoms with E-state index >= 15 is 0 Å². The Morgan fingerprint density at radius 3 is 2.71 bits per heavy atom. The Bertz CT molecular complexity index is 249. The molecule has 0 aromatic heterocycles. The van der Waals surface area contributed by atoms with Gasteiger partial charge in [0.2, 0.25) is 5.91 Å².